The summed E-state index contributed by atoms with van der Waals surface area (Å²) in [5.41, 5.74) is -1.57. The van der Waals surface area contributed by atoms with Crippen LogP contribution in [0.25, 0.3) is 0 Å². The summed E-state index contributed by atoms with van der Waals surface area (Å²) in [5.74, 6) is -1.53. The lowest BCUT2D eigenvalue weighted by Crippen LogP contribution is -2.52. The molecule has 0 aromatic carbocycles. The lowest BCUT2D eigenvalue weighted by molar-refractivity contribution is -0.131. The van der Waals surface area contributed by atoms with Crippen molar-refractivity contribution in [2.45, 2.75) is 58.0 Å². The molecule has 0 aliphatic carbocycles. The van der Waals surface area contributed by atoms with Crippen molar-refractivity contribution >= 4 is 23.6 Å². The first-order valence-electron chi connectivity index (χ1n) is 7.14. The third kappa shape index (κ3) is 6.55. The Labute approximate surface area is 129 Å². The Balaban J connectivity index is 2.85. The Kier molecular flexibility index (Phi) is 5.51. The van der Waals surface area contributed by atoms with E-state index in [4.69, 9.17) is 0 Å². The van der Waals surface area contributed by atoms with E-state index < -0.39 is 22.9 Å². The average Bonchev–Trinajstić information content (AvgIpc) is 2.22. The first-order chi connectivity index (χ1) is 9.99. The van der Waals surface area contributed by atoms with Crippen molar-refractivity contribution < 1.29 is 19.2 Å². The quantitative estimate of drug-likeness (QED) is 0.436. The molecule has 8 nitrogen and oxygen atoms in total. The summed E-state index contributed by atoms with van der Waals surface area (Å²) >= 11 is 0. The molecule has 1 aliphatic rings. The molecule has 22 heavy (non-hydrogen) atoms. The minimum absolute atomic E-state index is 0.00567. The Bertz CT molecular complexity index is 443. The highest BCUT2D eigenvalue weighted by atomic mass is 16.2. The van der Waals surface area contributed by atoms with Crippen molar-refractivity contribution in [1.82, 2.24) is 21.3 Å². The molecular weight excluding hydrogens is 288 g/mol. The largest absolute Gasteiger partial charge is 0.350 e. The number of carbonyl (C=O) groups is 4. The van der Waals surface area contributed by atoms with Crippen LogP contribution in [-0.2, 0) is 19.2 Å². The van der Waals surface area contributed by atoms with E-state index in [1.54, 1.807) is 27.7 Å². The average molecular weight is 312 g/mol. The number of nitrogens with one attached hydrogen (secondary N) is 4. The maximum Gasteiger partial charge on any atom is 0.229 e. The minimum atomic E-state index is -0.787. The van der Waals surface area contributed by atoms with Gasteiger partial charge in [-0.05, 0) is 27.7 Å². The number of carbonyl (C=O) groups excluding carboxylic acids is 4. The summed E-state index contributed by atoms with van der Waals surface area (Å²) in [4.78, 5) is 47.3. The van der Waals surface area contributed by atoms with Crippen LogP contribution in [0.3, 0.4) is 0 Å². The normalized spacial score (nSPS) is 23.5. The summed E-state index contributed by atoms with van der Waals surface area (Å²) in [6, 6.07) is 0. The molecule has 1 heterocycles. The number of rotatable bonds is 0. The van der Waals surface area contributed by atoms with Crippen LogP contribution in [0, 0.1) is 0 Å². The zero-order valence-corrected chi connectivity index (χ0v) is 13.5. The van der Waals surface area contributed by atoms with Crippen LogP contribution >= 0.6 is 0 Å². The molecule has 1 saturated heterocycles. The van der Waals surface area contributed by atoms with Gasteiger partial charge in [-0.2, -0.15) is 0 Å². The monoisotopic (exact) mass is 312 g/mol. The van der Waals surface area contributed by atoms with E-state index in [-0.39, 0.29) is 37.7 Å². The van der Waals surface area contributed by atoms with Gasteiger partial charge in [-0.1, -0.05) is 0 Å². The standard InChI is InChI=1S/C14H24N4O4/c1-13(2)6-11(21)15-8-16-12(22)7-14(3,4)18-10(20)5-9(19)17-13/h5-8H2,1-4H3,(H,15,21)(H,16,22)(H,17,19)(H,18,20). The molecule has 0 spiro atoms. The van der Waals surface area contributed by atoms with Crippen LogP contribution in [0.4, 0.5) is 0 Å². The SMILES string of the molecule is CC1(C)CC(=O)NCNC(=O)CC(C)(C)NC(=O)CC(=O)N1. The van der Waals surface area contributed by atoms with Crippen LogP contribution in [-0.4, -0.2) is 41.4 Å². The van der Waals surface area contributed by atoms with Gasteiger partial charge in [0.2, 0.25) is 23.6 Å². The Hall–Kier alpha value is -2.12. The van der Waals surface area contributed by atoms with Crippen LogP contribution in [0.5, 0.6) is 0 Å². The fraction of sp³-hybridized carbons (Fsp3) is 0.714. The van der Waals surface area contributed by atoms with Gasteiger partial charge in [-0.3, -0.25) is 19.2 Å². The molecule has 1 rings (SSSR count). The topological polar surface area (TPSA) is 116 Å². The number of hydrogen-bond acceptors (Lipinski definition) is 4. The molecule has 4 amide bonds. The Morgan fingerprint density at radius 2 is 1.05 bits per heavy atom. The molecule has 0 unspecified atom stereocenters. The summed E-state index contributed by atoms with van der Waals surface area (Å²) in [6.07, 6.45) is -0.264. The smallest absolute Gasteiger partial charge is 0.229 e. The van der Waals surface area contributed by atoms with Crippen molar-refractivity contribution in [3.8, 4) is 0 Å². The second kappa shape index (κ2) is 6.76. The van der Waals surface area contributed by atoms with Crippen molar-refractivity contribution in [1.29, 1.82) is 0 Å². The molecule has 4 N–H and O–H groups in total. The molecule has 124 valence electrons. The predicted octanol–water partition coefficient (Wildman–Crippen LogP) is -0.850. The van der Waals surface area contributed by atoms with Gasteiger partial charge in [-0.15, -0.1) is 0 Å². The zero-order chi connectivity index (χ0) is 17.0. The van der Waals surface area contributed by atoms with Gasteiger partial charge < -0.3 is 21.3 Å². The van der Waals surface area contributed by atoms with Gasteiger partial charge in [0.1, 0.15) is 6.42 Å². The molecule has 0 saturated carbocycles. The van der Waals surface area contributed by atoms with Gasteiger partial charge in [-0.25, -0.2) is 0 Å². The molecular formula is C14H24N4O4. The van der Waals surface area contributed by atoms with E-state index in [0.29, 0.717) is 0 Å². The van der Waals surface area contributed by atoms with Crippen LogP contribution in [0.1, 0.15) is 47.0 Å². The van der Waals surface area contributed by atoms with Crippen molar-refractivity contribution in [2.24, 2.45) is 0 Å². The summed E-state index contributed by atoms with van der Waals surface area (Å²) in [7, 11) is 0. The maximum absolute atomic E-state index is 11.9. The minimum Gasteiger partial charge on any atom is -0.350 e. The number of amides is 4. The van der Waals surface area contributed by atoms with Gasteiger partial charge >= 0.3 is 0 Å². The van der Waals surface area contributed by atoms with E-state index in [1.807, 2.05) is 0 Å². The lowest BCUT2D eigenvalue weighted by Gasteiger charge is -2.28. The highest BCUT2D eigenvalue weighted by molar-refractivity contribution is 5.97. The molecule has 0 aromatic heterocycles. The van der Waals surface area contributed by atoms with E-state index in [9.17, 15) is 19.2 Å². The van der Waals surface area contributed by atoms with Gasteiger partial charge in [0.15, 0.2) is 0 Å². The van der Waals surface area contributed by atoms with E-state index >= 15 is 0 Å². The van der Waals surface area contributed by atoms with Crippen LogP contribution in [0.2, 0.25) is 0 Å². The van der Waals surface area contributed by atoms with Crippen LogP contribution in [0.15, 0.2) is 0 Å². The second-order valence-electron chi connectivity index (χ2n) is 6.77. The first kappa shape index (κ1) is 17.9. The number of hydrogen-bond donors (Lipinski definition) is 4. The molecule has 1 fully saturated rings. The van der Waals surface area contributed by atoms with Gasteiger partial charge in [0.05, 0.1) is 6.67 Å². The first-order valence-corrected chi connectivity index (χ1v) is 7.14. The third-order valence-corrected chi connectivity index (χ3v) is 3.05. The van der Waals surface area contributed by atoms with Crippen molar-refractivity contribution in [3.63, 3.8) is 0 Å². The lowest BCUT2D eigenvalue weighted by atomic mass is 9.98. The predicted molar refractivity (Wildman–Crippen MR) is 79.4 cm³/mol. The van der Waals surface area contributed by atoms with E-state index in [2.05, 4.69) is 21.3 Å². The molecule has 1 aliphatic heterocycles. The highest BCUT2D eigenvalue weighted by Crippen LogP contribution is 2.11. The fourth-order valence-corrected chi connectivity index (χ4v) is 2.25. The molecule has 0 aromatic rings. The zero-order valence-electron chi connectivity index (χ0n) is 13.5. The molecule has 8 heteroatoms. The van der Waals surface area contributed by atoms with Crippen molar-refractivity contribution in [2.75, 3.05) is 6.67 Å². The van der Waals surface area contributed by atoms with Crippen molar-refractivity contribution in [3.05, 3.63) is 0 Å². The third-order valence-electron chi connectivity index (χ3n) is 3.05. The summed E-state index contributed by atoms with van der Waals surface area (Å²) in [5, 5.41) is 10.4. The maximum atomic E-state index is 11.9. The fourth-order valence-electron chi connectivity index (χ4n) is 2.25. The molecule has 0 atom stereocenters. The van der Waals surface area contributed by atoms with Gasteiger partial charge in [0.25, 0.3) is 0 Å². The Morgan fingerprint density at radius 1 is 0.682 bits per heavy atom. The summed E-state index contributed by atoms with van der Waals surface area (Å²) in [6.45, 7) is 6.77. The van der Waals surface area contributed by atoms with E-state index in [0.717, 1.165) is 0 Å². The van der Waals surface area contributed by atoms with Gasteiger partial charge in [0, 0.05) is 23.9 Å². The van der Waals surface area contributed by atoms with E-state index in [1.165, 1.54) is 0 Å². The second-order valence-corrected chi connectivity index (χ2v) is 6.77. The Morgan fingerprint density at radius 3 is 1.41 bits per heavy atom. The van der Waals surface area contributed by atoms with Crippen LogP contribution < -0.4 is 21.3 Å². The molecule has 0 bridgehead atoms. The summed E-state index contributed by atoms with van der Waals surface area (Å²) < 4.78 is 0. The highest BCUT2D eigenvalue weighted by Gasteiger charge is 2.28. The molecule has 0 radical (unpaired) electrons.